The third kappa shape index (κ3) is 2.75. The number of aromatic nitrogens is 1. The molecule has 0 amide bonds. The number of fused-ring (bicyclic) bond motifs is 1. The lowest BCUT2D eigenvalue weighted by Crippen LogP contribution is -2.42. The van der Waals surface area contributed by atoms with E-state index in [1.54, 1.807) is 6.92 Å². The molecule has 2 saturated heterocycles. The maximum Gasteiger partial charge on any atom is 0.339 e. The maximum atomic E-state index is 11.5. The molecule has 0 aliphatic carbocycles. The standard InChI is InChI=1S/C16H23N3O2/c1-10-9-13(15(16(20)21)11(2)17-10)18-12-6-8-19-7-4-3-5-14(12)19/h9,12,14H,3-8H2,1-2H3,(H,17,18)(H,20,21). The molecule has 5 heteroatoms. The average molecular weight is 289 g/mol. The highest BCUT2D eigenvalue weighted by atomic mass is 16.4. The fraction of sp³-hybridized carbons (Fsp3) is 0.625. The molecule has 1 aromatic heterocycles. The predicted octanol–water partition coefficient (Wildman–Crippen LogP) is 2.44. The van der Waals surface area contributed by atoms with Gasteiger partial charge >= 0.3 is 5.97 Å². The summed E-state index contributed by atoms with van der Waals surface area (Å²) >= 11 is 0. The number of carbonyl (C=O) groups is 1. The normalized spacial score (nSPS) is 25.6. The molecule has 3 heterocycles. The minimum absolute atomic E-state index is 0.315. The van der Waals surface area contributed by atoms with Gasteiger partial charge < -0.3 is 10.4 Å². The van der Waals surface area contributed by atoms with E-state index in [1.807, 2.05) is 13.0 Å². The molecule has 0 saturated carbocycles. The SMILES string of the molecule is Cc1cc(NC2CCN3CCCCC23)c(C(=O)O)c(C)n1. The maximum absolute atomic E-state index is 11.5. The summed E-state index contributed by atoms with van der Waals surface area (Å²) in [7, 11) is 0. The molecular weight excluding hydrogens is 266 g/mol. The van der Waals surface area contributed by atoms with E-state index in [1.165, 1.54) is 25.8 Å². The summed E-state index contributed by atoms with van der Waals surface area (Å²) in [5, 5.41) is 13.0. The van der Waals surface area contributed by atoms with Crippen LogP contribution >= 0.6 is 0 Å². The van der Waals surface area contributed by atoms with Gasteiger partial charge in [-0.3, -0.25) is 9.88 Å². The number of nitrogens with one attached hydrogen (secondary N) is 1. The molecule has 2 aliphatic heterocycles. The monoisotopic (exact) mass is 289 g/mol. The summed E-state index contributed by atoms with van der Waals surface area (Å²) in [4.78, 5) is 18.3. The van der Waals surface area contributed by atoms with Gasteiger partial charge in [0.1, 0.15) is 5.56 Å². The van der Waals surface area contributed by atoms with E-state index in [2.05, 4.69) is 15.2 Å². The molecule has 0 radical (unpaired) electrons. The van der Waals surface area contributed by atoms with Crippen molar-refractivity contribution in [2.45, 2.75) is 51.6 Å². The Hall–Kier alpha value is -1.62. The number of carboxylic acids is 1. The van der Waals surface area contributed by atoms with E-state index < -0.39 is 5.97 Å². The van der Waals surface area contributed by atoms with Crippen LogP contribution in [-0.2, 0) is 0 Å². The van der Waals surface area contributed by atoms with Crippen LogP contribution in [0.3, 0.4) is 0 Å². The van der Waals surface area contributed by atoms with Gasteiger partial charge in [-0.05, 0) is 45.7 Å². The van der Waals surface area contributed by atoms with E-state index in [0.29, 0.717) is 23.3 Å². The summed E-state index contributed by atoms with van der Waals surface area (Å²) in [5.41, 5.74) is 2.49. The molecule has 2 aliphatic rings. The Morgan fingerprint density at radius 2 is 2.14 bits per heavy atom. The Kier molecular flexibility index (Phi) is 3.85. The number of hydrogen-bond donors (Lipinski definition) is 2. The lowest BCUT2D eigenvalue weighted by molar-refractivity contribution is 0.0696. The number of carboxylic acid groups (broad SMARTS) is 1. The van der Waals surface area contributed by atoms with Crippen molar-refractivity contribution in [3.8, 4) is 0 Å². The first-order valence-electron chi connectivity index (χ1n) is 7.78. The van der Waals surface area contributed by atoms with Crippen LogP contribution in [0, 0.1) is 13.8 Å². The Morgan fingerprint density at radius 3 is 2.90 bits per heavy atom. The van der Waals surface area contributed by atoms with Crippen molar-refractivity contribution in [2.24, 2.45) is 0 Å². The second kappa shape index (κ2) is 5.64. The molecule has 2 atom stereocenters. The highest BCUT2D eigenvalue weighted by Gasteiger charge is 2.36. The summed E-state index contributed by atoms with van der Waals surface area (Å²) in [6, 6.07) is 2.76. The highest BCUT2D eigenvalue weighted by Crippen LogP contribution is 2.31. The largest absolute Gasteiger partial charge is 0.478 e. The topological polar surface area (TPSA) is 65.5 Å². The van der Waals surface area contributed by atoms with Gasteiger partial charge in [-0.15, -0.1) is 0 Å². The van der Waals surface area contributed by atoms with Crippen molar-refractivity contribution in [3.05, 3.63) is 23.0 Å². The summed E-state index contributed by atoms with van der Waals surface area (Å²) < 4.78 is 0. The van der Waals surface area contributed by atoms with Crippen molar-refractivity contribution in [3.63, 3.8) is 0 Å². The molecule has 2 unspecified atom stereocenters. The molecule has 3 rings (SSSR count). The Bertz CT molecular complexity index is 559. The van der Waals surface area contributed by atoms with E-state index in [9.17, 15) is 9.90 Å². The van der Waals surface area contributed by atoms with Crippen molar-refractivity contribution in [1.29, 1.82) is 0 Å². The molecule has 1 aromatic rings. The first kappa shape index (κ1) is 14.3. The van der Waals surface area contributed by atoms with E-state index in [-0.39, 0.29) is 0 Å². The van der Waals surface area contributed by atoms with Crippen LogP contribution in [0.2, 0.25) is 0 Å². The second-order valence-corrected chi connectivity index (χ2v) is 6.22. The lowest BCUT2D eigenvalue weighted by Gasteiger charge is -2.33. The third-order valence-corrected chi connectivity index (χ3v) is 4.74. The molecule has 2 N–H and O–H groups in total. The van der Waals surface area contributed by atoms with Gasteiger partial charge in [0.05, 0.1) is 11.4 Å². The zero-order valence-corrected chi connectivity index (χ0v) is 12.7. The minimum atomic E-state index is -0.902. The number of pyridine rings is 1. The highest BCUT2D eigenvalue weighted by molar-refractivity contribution is 5.95. The number of anilines is 1. The molecule has 0 aromatic carbocycles. The summed E-state index contributed by atoms with van der Waals surface area (Å²) in [6.07, 6.45) is 4.86. The molecule has 0 bridgehead atoms. The molecule has 0 spiro atoms. The molecule has 5 nitrogen and oxygen atoms in total. The van der Waals surface area contributed by atoms with Crippen molar-refractivity contribution in [1.82, 2.24) is 9.88 Å². The molecule has 114 valence electrons. The third-order valence-electron chi connectivity index (χ3n) is 4.74. The first-order chi connectivity index (χ1) is 10.1. The number of aromatic carboxylic acids is 1. The van der Waals surface area contributed by atoms with E-state index in [4.69, 9.17) is 0 Å². The Balaban J connectivity index is 1.86. The van der Waals surface area contributed by atoms with Crippen LogP contribution in [0.5, 0.6) is 0 Å². The van der Waals surface area contributed by atoms with Gasteiger partial charge in [0.15, 0.2) is 0 Å². The molecule has 21 heavy (non-hydrogen) atoms. The van der Waals surface area contributed by atoms with Crippen LogP contribution in [0.1, 0.15) is 47.4 Å². The van der Waals surface area contributed by atoms with Gasteiger partial charge in [-0.25, -0.2) is 4.79 Å². The minimum Gasteiger partial charge on any atom is -0.478 e. The van der Waals surface area contributed by atoms with Crippen molar-refractivity contribution >= 4 is 11.7 Å². The lowest BCUT2D eigenvalue weighted by atomic mass is 9.98. The first-order valence-corrected chi connectivity index (χ1v) is 7.78. The van der Waals surface area contributed by atoms with Crippen LogP contribution in [0.15, 0.2) is 6.07 Å². The van der Waals surface area contributed by atoms with E-state index >= 15 is 0 Å². The van der Waals surface area contributed by atoms with Crippen LogP contribution in [0.4, 0.5) is 5.69 Å². The number of rotatable bonds is 3. The van der Waals surface area contributed by atoms with Gasteiger partial charge in [-0.1, -0.05) is 6.42 Å². The Labute approximate surface area is 125 Å². The predicted molar refractivity (Wildman–Crippen MR) is 81.9 cm³/mol. The van der Waals surface area contributed by atoms with Crippen molar-refractivity contribution < 1.29 is 9.90 Å². The fourth-order valence-corrected chi connectivity index (χ4v) is 3.83. The number of piperidine rings is 1. The number of nitrogens with zero attached hydrogens (tertiary/aromatic N) is 2. The summed E-state index contributed by atoms with van der Waals surface area (Å²) in [6.45, 7) is 5.98. The quantitative estimate of drug-likeness (QED) is 0.894. The second-order valence-electron chi connectivity index (χ2n) is 6.22. The van der Waals surface area contributed by atoms with Gasteiger partial charge in [-0.2, -0.15) is 0 Å². The molecule has 2 fully saturated rings. The van der Waals surface area contributed by atoms with Crippen LogP contribution in [0.25, 0.3) is 0 Å². The number of aryl methyl sites for hydroxylation is 2. The fourth-order valence-electron chi connectivity index (χ4n) is 3.83. The van der Waals surface area contributed by atoms with Gasteiger partial charge in [0, 0.05) is 24.3 Å². The van der Waals surface area contributed by atoms with E-state index in [0.717, 1.165) is 24.3 Å². The van der Waals surface area contributed by atoms with Crippen LogP contribution in [-0.4, -0.2) is 46.1 Å². The summed E-state index contributed by atoms with van der Waals surface area (Å²) in [5.74, 6) is -0.902. The molecular formula is C16H23N3O2. The van der Waals surface area contributed by atoms with Crippen molar-refractivity contribution in [2.75, 3.05) is 18.4 Å². The number of hydrogen-bond acceptors (Lipinski definition) is 4. The van der Waals surface area contributed by atoms with Gasteiger partial charge in [0.2, 0.25) is 0 Å². The zero-order valence-electron chi connectivity index (χ0n) is 12.7. The zero-order chi connectivity index (χ0) is 15.0. The Morgan fingerprint density at radius 1 is 1.33 bits per heavy atom. The average Bonchev–Trinajstić information content (AvgIpc) is 2.81. The van der Waals surface area contributed by atoms with Gasteiger partial charge in [0.25, 0.3) is 0 Å². The smallest absolute Gasteiger partial charge is 0.339 e. The van der Waals surface area contributed by atoms with Crippen LogP contribution < -0.4 is 5.32 Å².